The number of anilines is 1. The third kappa shape index (κ3) is 3.99. The molecule has 0 N–H and O–H groups in total. The van der Waals surface area contributed by atoms with Crippen molar-refractivity contribution in [2.75, 3.05) is 25.1 Å². The van der Waals surface area contributed by atoms with Crippen molar-refractivity contribution in [3.63, 3.8) is 0 Å². The zero-order valence-corrected chi connectivity index (χ0v) is 15.7. The van der Waals surface area contributed by atoms with Crippen LogP contribution < -0.4 is 9.64 Å². The second kappa shape index (κ2) is 7.95. The van der Waals surface area contributed by atoms with Gasteiger partial charge in [0.25, 0.3) is 0 Å². The van der Waals surface area contributed by atoms with Crippen LogP contribution >= 0.6 is 0 Å². The number of nitrogens with zero attached hydrogens (tertiary/aromatic N) is 4. The van der Waals surface area contributed by atoms with E-state index in [9.17, 15) is 0 Å². The molecule has 2 aromatic heterocycles. The van der Waals surface area contributed by atoms with Crippen molar-refractivity contribution in [3.8, 4) is 17.3 Å². The fourth-order valence-corrected chi connectivity index (χ4v) is 2.71. The van der Waals surface area contributed by atoms with Crippen molar-refractivity contribution in [2.45, 2.75) is 20.8 Å². The Labute approximate surface area is 154 Å². The van der Waals surface area contributed by atoms with Gasteiger partial charge in [-0.1, -0.05) is 24.3 Å². The Kier molecular flexibility index (Phi) is 5.46. The molecule has 0 amide bonds. The van der Waals surface area contributed by atoms with Gasteiger partial charge in [0, 0.05) is 24.5 Å². The summed E-state index contributed by atoms with van der Waals surface area (Å²) in [6.07, 6.45) is 1.76. The van der Waals surface area contributed by atoms with E-state index in [2.05, 4.69) is 27.9 Å². The fraction of sp³-hybridized carbons (Fsp3) is 0.286. The average molecular weight is 348 g/mol. The Bertz CT molecular complexity index is 880. The van der Waals surface area contributed by atoms with E-state index in [0.717, 1.165) is 40.6 Å². The van der Waals surface area contributed by atoms with Crippen LogP contribution in [0.2, 0.25) is 0 Å². The quantitative estimate of drug-likeness (QED) is 0.674. The Hall–Kier alpha value is -2.95. The minimum absolute atomic E-state index is 0.586. The third-order valence-electron chi connectivity index (χ3n) is 4.40. The molecule has 0 fully saturated rings. The first kappa shape index (κ1) is 17.9. The molecule has 1 aromatic carbocycles. The number of hydrogen-bond acceptors (Lipinski definition) is 5. The maximum absolute atomic E-state index is 5.92. The molecule has 0 saturated heterocycles. The van der Waals surface area contributed by atoms with Gasteiger partial charge in [-0.05, 0) is 44.5 Å². The number of pyridine rings is 1. The van der Waals surface area contributed by atoms with E-state index in [4.69, 9.17) is 9.72 Å². The lowest BCUT2D eigenvalue weighted by Gasteiger charge is -2.22. The lowest BCUT2D eigenvalue weighted by atomic mass is 10.2. The molecule has 0 atom stereocenters. The van der Waals surface area contributed by atoms with Crippen LogP contribution in [0.1, 0.15) is 16.8 Å². The Balaban J connectivity index is 1.75. The number of aryl methyl sites for hydroxylation is 2. The molecule has 0 saturated carbocycles. The summed E-state index contributed by atoms with van der Waals surface area (Å²) < 4.78 is 5.92. The van der Waals surface area contributed by atoms with Crippen LogP contribution in [-0.2, 0) is 0 Å². The van der Waals surface area contributed by atoms with E-state index in [0.29, 0.717) is 12.4 Å². The highest BCUT2D eigenvalue weighted by Gasteiger charge is 2.14. The first-order valence-electron chi connectivity index (χ1n) is 8.72. The SMILES string of the molecule is Cc1ccccc1OCCN(C)c1nc(-c2ccccn2)nc(C)c1C. The molecule has 0 aliphatic rings. The van der Waals surface area contributed by atoms with Crippen LogP contribution in [0.3, 0.4) is 0 Å². The summed E-state index contributed by atoms with van der Waals surface area (Å²) in [5, 5.41) is 0. The number of rotatable bonds is 6. The summed E-state index contributed by atoms with van der Waals surface area (Å²) in [5.74, 6) is 2.48. The number of aromatic nitrogens is 3. The van der Waals surface area contributed by atoms with Crippen LogP contribution in [0.15, 0.2) is 48.7 Å². The van der Waals surface area contributed by atoms with Gasteiger partial charge in [-0.2, -0.15) is 0 Å². The largest absolute Gasteiger partial charge is 0.491 e. The molecule has 0 spiro atoms. The van der Waals surface area contributed by atoms with E-state index < -0.39 is 0 Å². The summed E-state index contributed by atoms with van der Waals surface area (Å²) in [5.41, 5.74) is 3.95. The molecule has 2 heterocycles. The number of ether oxygens (including phenoxy) is 1. The lowest BCUT2D eigenvalue weighted by molar-refractivity contribution is 0.323. The van der Waals surface area contributed by atoms with Gasteiger partial charge in [0.15, 0.2) is 5.82 Å². The number of likely N-dealkylation sites (N-methyl/N-ethyl adjacent to an activating group) is 1. The molecule has 0 bridgehead atoms. The second-order valence-corrected chi connectivity index (χ2v) is 6.33. The number of benzene rings is 1. The van der Waals surface area contributed by atoms with Crippen molar-refractivity contribution in [1.82, 2.24) is 15.0 Å². The molecule has 0 aliphatic carbocycles. The Morgan fingerprint density at radius 2 is 1.73 bits per heavy atom. The highest BCUT2D eigenvalue weighted by atomic mass is 16.5. The summed E-state index contributed by atoms with van der Waals surface area (Å²) in [7, 11) is 2.03. The number of para-hydroxylation sites is 1. The van der Waals surface area contributed by atoms with Crippen molar-refractivity contribution in [3.05, 3.63) is 65.5 Å². The maximum Gasteiger partial charge on any atom is 0.180 e. The molecule has 0 unspecified atom stereocenters. The maximum atomic E-state index is 5.92. The highest BCUT2D eigenvalue weighted by molar-refractivity contribution is 5.57. The molecule has 5 nitrogen and oxygen atoms in total. The van der Waals surface area contributed by atoms with Crippen LogP contribution in [0.25, 0.3) is 11.5 Å². The Morgan fingerprint density at radius 3 is 2.46 bits per heavy atom. The summed E-state index contributed by atoms with van der Waals surface area (Å²) in [6.45, 7) is 7.42. The van der Waals surface area contributed by atoms with Crippen molar-refractivity contribution >= 4 is 5.82 Å². The molecular weight excluding hydrogens is 324 g/mol. The monoisotopic (exact) mass is 348 g/mol. The molecule has 3 aromatic rings. The van der Waals surface area contributed by atoms with Gasteiger partial charge in [0.1, 0.15) is 23.9 Å². The van der Waals surface area contributed by atoms with Crippen molar-refractivity contribution in [1.29, 1.82) is 0 Å². The van der Waals surface area contributed by atoms with Crippen LogP contribution in [0.4, 0.5) is 5.82 Å². The molecule has 3 rings (SSSR count). The van der Waals surface area contributed by atoms with Crippen molar-refractivity contribution in [2.24, 2.45) is 0 Å². The van der Waals surface area contributed by atoms with Gasteiger partial charge >= 0.3 is 0 Å². The summed E-state index contributed by atoms with van der Waals surface area (Å²) >= 11 is 0. The van der Waals surface area contributed by atoms with Gasteiger partial charge in [-0.25, -0.2) is 9.97 Å². The summed E-state index contributed by atoms with van der Waals surface area (Å²) in [6, 6.07) is 13.8. The van der Waals surface area contributed by atoms with Gasteiger partial charge in [0.05, 0.1) is 6.54 Å². The van der Waals surface area contributed by atoms with E-state index in [1.54, 1.807) is 6.20 Å². The zero-order chi connectivity index (χ0) is 18.5. The smallest absolute Gasteiger partial charge is 0.180 e. The average Bonchev–Trinajstić information content (AvgIpc) is 2.66. The van der Waals surface area contributed by atoms with Gasteiger partial charge in [-0.15, -0.1) is 0 Å². The predicted molar refractivity (Wildman–Crippen MR) is 105 cm³/mol. The van der Waals surface area contributed by atoms with E-state index in [1.165, 1.54) is 0 Å². The van der Waals surface area contributed by atoms with Gasteiger partial charge in [-0.3, -0.25) is 4.98 Å². The number of hydrogen-bond donors (Lipinski definition) is 0. The van der Waals surface area contributed by atoms with Crippen molar-refractivity contribution < 1.29 is 4.74 Å². The predicted octanol–water partition coefficient (Wildman–Crippen LogP) is 3.98. The zero-order valence-electron chi connectivity index (χ0n) is 15.7. The third-order valence-corrected chi connectivity index (χ3v) is 4.40. The Morgan fingerprint density at radius 1 is 0.962 bits per heavy atom. The van der Waals surface area contributed by atoms with Crippen LogP contribution in [-0.4, -0.2) is 35.2 Å². The van der Waals surface area contributed by atoms with Crippen LogP contribution in [0, 0.1) is 20.8 Å². The molecule has 134 valence electrons. The molecule has 0 radical (unpaired) electrons. The summed E-state index contributed by atoms with van der Waals surface area (Å²) in [4.78, 5) is 15.8. The first-order valence-corrected chi connectivity index (χ1v) is 8.72. The van der Waals surface area contributed by atoms with E-state index >= 15 is 0 Å². The fourth-order valence-electron chi connectivity index (χ4n) is 2.71. The minimum Gasteiger partial charge on any atom is -0.491 e. The normalized spacial score (nSPS) is 10.6. The minimum atomic E-state index is 0.586. The van der Waals surface area contributed by atoms with E-state index in [-0.39, 0.29) is 0 Å². The van der Waals surface area contributed by atoms with E-state index in [1.807, 2.05) is 57.3 Å². The molecule has 0 aliphatic heterocycles. The molecular formula is C21H24N4O. The highest BCUT2D eigenvalue weighted by Crippen LogP contribution is 2.23. The van der Waals surface area contributed by atoms with Gasteiger partial charge < -0.3 is 9.64 Å². The lowest BCUT2D eigenvalue weighted by Crippen LogP contribution is -2.26. The molecule has 26 heavy (non-hydrogen) atoms. The second-order valence-electron chi connectivity index (χ2n) is 6.33. The topological polar surface area (TPSA) is 51.1 Å². The van der Waals surface area contributed by atoms with Gasteiger partial charge in [0.2, 0.25) is 0 Å². The van der Waals surface area contributed by atoms with Crippen LogP contribution in [0.5, 0.6) is 5.75 Å². The molecule has 5 heteroatoms. The standard InChI is InChI=1S/C21H24N4O/c1-15-9-5-6-11-19(15)26-14-13-25(4)21-16(2)17(3)23-20(24-21)18-10-7-8-12-22-18/h5-12H,13-14H2,1-4H3. The first-order chi connectivity index (χ1) is 12.6.